The van der Waals surface area contributed by atoms with Gasteiger partial charge in [-0.2, -0.15) is 0 Å². The first-order chi connectivity index (χ1) is 14.3. The molecule has 10 heteroatoms. The van der Waals surface area contributed by atoms with E-state index in [2.05, 4.69) is 4.72 Å². The van der Waals surface area contributed by atoms with E-state index >= 15 is 0 Å². The second-order valence-corrected chi connectivity index (χ2v) is 7.98. The lowest BCUT2D eigenvalue weighted by molar-refractivity contribution is -0.384. The van der Waals surface area contributed by atoms with E-state index in [1.807, 2.05) is 0 Å². The third-order valence-corrected chi connectivity index (χ3v) is 5.73. The highest BCUT2D eigenvalue weighted by Gasteiger charge is 2.23. The maximum absolute atomic E-state index is 12.6. The molecule has 0 aliphatic carbocycles. The maximum Gasteiger partial charge on any atom is 0.269 e. The molecule has 154 valence electrons. The molecule has 30 heavy (non-hydrogen) atoms. The Hall–Kier alpha value is -3.76. The summed E-state index contributed by atoms with van der Waals surface area (Å²) in [5.41, 5.74) is 2.67. The van der Waals surface area contributed by atoms with Gasteiger partial charge in [0.2, 0.25) is 0 Å². The number of carbonyl (C=O) groups excluding carboxylic acids is 1. The average molecular weight is 427 g/mol. The Kier molecular flexibility index (Phi) is 6.09. The van der Waals surface area contributed by atoms with Gasteiger partial charge in [0.05, 0.1) is 15.7 Å². The minimum absolute atomic E-state index is 0.147. The van der Waals surface area contributed by atoms with Crippen LogP contribution in [-0.4, -0.2) is 24.5 Å². The van der Waals surface area contributed by atoms with Crippen molar-refractivity contribution in [1.29, 1.82) is 0 Å². The Balaban J connectivity index is 1.92. The Morgan fingerprint density at radius 1 is 0.933 bits per heavy atom. The molecular formula is C20H17N3O6S. The minimum atomic E-state index is -4.01. The number of anilines is 1. The van der Waals surface area contributed by atoms with Crippen LogP contribution in [0.5, 0.6) is 0 Å². The highest BCUT2D eigenvalue weighted by molar-refractivity contribution is 7.92. The van der Waals surface area contributed by atoms with Crippen LogP contribution in [0.25, 0.3) is 0 Å². The topological polar surface area (TPSA) is 139 Å². The van der Waals surface area contributed by atoms with Crippen LogP contribution in [0.4, 0.5) is 11.4 Å². The van der Waals surface area contributed by atoms with Crippen LogP contribution >= 0.6 is 0 Å². The average Bonchev–Trinajstić information content (AvgIpc) is 2.74. The van der Waals surface area contributed by atoms with Gasteiger partial charge in [-0.3, -0.25) is 24.8 Å². The molecule has 1 unspecified atom stereocenters. The lowest BCUT2D eigenvalue weighted by Crippen LogP contribution is -2.27. The van der Waals surface area contributed by atoms with Crippen molar-refractivity contribution in [2.24, 2.45) is 0 Å². The number of benzene rings is 3. The van der Waals surface area contributed by atoms with E-state index in [1.165, 1.54) is 12.1 Å². The summed E-state index contributed by atoms with van der Waals surface area (Å²) in [4.78, 5) is 22.2. The van der Waals surface area contributed by atoms with Gasteiger partial charge in [0.1, 0.15) is 0 Å². The van der Waals surface area contributed by atoms with Crippen molar-refractivity contribution in [3.63, 3.8) is 0 Å². The molecule has 0 aliphatic heterocycles. The van der Waals surface area contributed by atoms with Crippen molar-refractivity contribution in [3.8, 4) is 0 Å². The molecule has 3 aromatic carbocycles. The van der Waals surface area contributed by atoms with Crippen LogP contribution in [-0.2, 0) is 14.8 Å². The monoisotopic (exact) mass is 427 g/mol. The fourth-order valence-electron chi connectivity index (χ4n) is 2.95. The largest absolute Gasteiger partial charge is 0.289 e. The number of hydrogen-bond acceptors (Lipinski definition) is 6. The van der Waals surface area contributed by atoms with Crippen molar-refractivity contribution in [1.82, 2.24) is 5.48 Å². The van der Waals surface area contributed by atoms with Crippen molar-refractivity contribution >= 4 is 27.3 Å². The summed E-state index contributed by atoms with van der Waals surface area (Å²) in [7, 11) is -4.01. The Morgan fingerprint density at radius 3 is 2.17 bits per heavy atom. The first kappa shape index (κ1) is 21.0. The summed E-state index contributed by atoms with van der Waals surface area (Å²) in [6.45, 7) is 0. The third kappa shape index (κ3) is 4.62. The van der Waals surface area contributed by atoms with E-state index in [0.717, 1.165) is 24.3 Å². The molecule has 0 spiro atoms. The molecule has 1 atom stereocenters. The summed E-state index contributed by atoms with van der Waals surface area (Å²) in [5, 5.41) is 19.9. The zero-order valence-electron chi connectivity index (χ0n) is 15.4. The summed E-state index contributed by atoms with van der Waals surface area (Å²) < 4.78 is 27.6. The third-order valence-electron chi connectivity index (χ3n) is 4.34. The number of sulfonamides is 1. The van der Waals surface area contributed by atoms with Gasteiger partial charge in [0.25, 0.3) is 21.6 Å². The zero-order valence-corrected chi connectivity index (χ0v) is 16.2. The number of hydrogen-bond donors (Lipinski definition) is 3. The van der Waals surface area contributed by atoms with Crippen LogP contribution in [0, 0.1) is 10.1 Å². The molecular weight excluding hydrogens is 410 g/mol. The number of nitro groups is 1. The molecule has 0 bridgehead atoms. The number of amides is 1. The number of hydroxylamine groups is 1. The molecule has 0 radical (unpaired) electrons. The lowest BCUT2D eigenvalue weighted by Gasteiger charge is -2.17. The molecule has 0 aromatic heterocycles. The summed E-state index contributed by atoms with van der Waals surface area (Å²) >= 11 is 0. The quantitative estimate of drug-likeness (QED) is 0.301. The van der Waals surface area contributed by atoms with E-state index in [4.69, 9.17) is 5.21 Å². The molecule has 0 fully saturated rings. The van der Waals surface area contributed by atoms with Gasteiger partial charge in [-0.05, 0) is 35.4 Å². The van der Waals surface area contributed by atoms with Crippen LogP contribution in [0.1, 0.15) is 17.0 Å². The van der Waals surface area contributed by atoms with E-state index < -0.39 is 26.8 Å². The van der Waals surface area contributed by atoms with Gasteiger partial charge < -0.3 is 0 Å². The van der Waals surface area contributed by atoms with Crippen molar-refractivity contribution in [2.45, 2.75) is 10.8 Å². The van der Waals surface area contributed by atoms with Crippen LogP contribution in [0.2, 0.25) is 0 Å². The predicted octanol–water partition coefficient (Wildman–Crippen LogP) is 3.03. The van der Waals surface area contributed by atoms with Crippen molar-refractivity contribution in [2.75, 3.05) is 4.72 Å². The molecule has 1 amide bonds. The van der Waals surface area contributed by atoms with Gasteiger partial charge in [-0.1, -0.05) is 42.5 Å². The SMILES string of the molecule is O=C(NO)C(c1ccccc1)c1cccc(NS(=O)(=O)c2ccc([N+](=O)[O-])cc2)c1. The Morgan fingerprint density at radius 2 is 1.57 bits per heavy atom. The highest BCUT2D eigenvalue weighted by atomic mass is 32.2. The number of nitrogens with zero attached hydrogens (tertiary/aromatic N) is 1. The molecule has 3 N–H and O–H groups in total. The van der Waals surface area contributed by atoms with Gasteiger partial charge in [-0.15, -0.1) is 0 Å². The molecule has 0 saturated heterocycles. The van der Waals surface area contributed by atoms with E-state index in [1.54, 1.807) is 47.9 Å². The minimum Gasteiger partial charge on any atom is -0.289 e. The number of rotatable bonds is 7. The van der Waals surface area contributed by atoms with Gasteiger partial charge in [0, 0.05) is 17.8 Å². The summed E-state index contributed by atoms with van der Waals surface area (Å²) in [5.74, 6) is -1.53. The summed E-state index contributed by atoms with van der Waals surface area (Å²) in [6, 6.07) is 19.4. The fraction of sp³-hybridized carbons (Fsp3) is 0.0500. The molecule has 3 aromatic rings. The maximum atomic E-state index is 12.6. The smallest absolute Gasteiger partial charge is 0.269 e. The van der Waals surface area contributed by atoms with Crippen LogP contribution in [0.15, 0.2) is 83.8 Å². The first-order valence-electron chi connectivity index (χ1n) is 8.68. The van der Waals surface area contributed by atoms with Crippen molar-refractivity contribution < 1.29 is 23.3 Å². The van der Waals surface area contributed by atoms with E-state index in [-0.39, 0.29) is 16.3 Å². The van der Waals surface area contributed by atoms with Gasteiger partial charge >= 0.3 is 0 Å². The highest BCUT2D eigenvalue weighted by Crippen LogP contribution is 2.28. The second kappa shape index (κ2) is 8.72. The number of non-ortho nitro benzene ring substituents is 1. The van der Waals surface area contributed by atoms with Gasteiger partial charge in [-0.25, -0.2) is 13.9 Å². The molecule has 3 rings (SSSR count). The predicted molar refractivity (Wildman–Crippen MR) is 109 cm³/mol. The Labute approximate surface area is 172 Å². The standard InChI is InChI=1S/C20H17N3O6S/c24-20(21-25)19(14-5-2-1-3-6-14)15-7-4-8-16(13-15)22-30(28,29)18-11-9-17(10-12-18)23(26)27/h1-13,19,22,25H,(H,21,24). The fourth-order valence-corrected chi connectivity index (χ4v) is 4.00. The van der Waals surface area contributed by atoms with Crippen LogP contribution < -0.4 is 10.2 Å². The van der Waals surface area contributed by atoms with Crippen LogP contribution in [0.3, 0.4) is 0 Å². The molecule has 9 nitrogen and oxygen atoms in total. The second-order valence-electron chi connectivity index (χ2n) is 6.30. The number of carbonyl (C=O) groups is 1. The molecule has 0 saturated carbocycles. The Bertz CT molecular complexity index is 1160. The van der Waals surface area contributed by atoms with Gasteiger partial charge in [0.15, 0.2) is 0 Å². The van der Waals surface area contributed by atoms with Crippen molar-refractivity contribution in [3.05, 3.63) is 100 Å². The lowest BCUT2D eigenvalue weighted by atomic mass is 9.90. The first-order valence-corrected chi connectivity index (χ1v) is 10.2. The number of nitrogens with one attached hydrogen (secondary N) is 2. The zero-order chi connectivity index (χ0) is 21.7. The number of nitro benzene ring substituents is 1. The molecule has 0 aliphatic rings. The van der Waals surface area contributed by atoms with E-state index in [9.17, 15) is 23.3 Å². The normalized spacial score (nSPS) is 12.0. The molecule has 0 heterocycles. The van der Waals surface area contributed by atoms with E-state index in [0.29, 0.717) is 11.1 Å². The summed E-state index contributed by atoms with van der Waals surface area (Å²) in [6.07, 6.45) is 0.